The lowest BCUT2D eigenvalue weighted by Gasteiger charge is -2.33. The number of benzene rings is 1. The van der Waals surface area contributed by atoms with E-state index in [1.54, 1.807) is 12.1 Å². The van der Waals surface area contributed by atoms with E-state index in [2.05, 4.69) is 10.2 Å². The van der Waals surface area contributed by atoms with Crippen LogP contribution >= 0.6 is 0 Å². The summed E-state index contributed by atoms with van der Waals surface area (Å²) in [6, 6.07) is 9.88. The average molecular weight is 472 g/mol. The van der Waals surface area contributed by atoms with Crippen LogP contribution in [0.2, 0.25) is 0 Å². The predicted molar refractivity (Wildman–Crippen MR) is 124 cm³/mol. The topological polar surface area (TPSA) is 45.2 Å². The standard InChI is InChI=1S/C27H32F3N3O/c1-17-6-9-22(26(34)32-24-15-18-7-8-20(24)14-18)25(31-17)19-10-12-33(13-11-19)16-21-4-2-3-5-23(21)27(28,29)30/h2-6,9,18-20,24H,7-8,10-16H2,1H3,(H,32,34)/t18-,20-,24-/m0/s1. The number of aromatic nitrogens is 1. The molecule has 0 radical (unpaired) electrons. The molecule has 2 aliphatic carbocycles. The molecule has 1 aliphatic heterocycles. The number of pyridine rings is 1. The van der Waals surface area contributed by atoms with Gasteiger partial charge in [-0.15, -0.1) is 0 Å². The van der Waals surface area contributed by atoms with Gasteiger partial charge in [0, 0.05) is 24.2 Å². The fourth-order valence-electron chi connectivity index (χ4n) is 6.29. The summed E-state index contributed by atoms with van der Waals surface area (Å²) in [5.74, 6) is 1.48. The van der Waals surface area contributed by atoms with Crippen LogP contribution in [-0.4, -0.2) is 34.9 Å². The highest BCUT2D eigenvalue weighted by Gasteiger charge is 2.40. The summed E-state index contributed by atoms with van der Waals surface area (Å²) in [7, 11) is 0. The molecule has 182 valence electrons. The van der Waals surface area contributed by atoms with E-state index in [1.165, 1.54) is 25.3 Å². The summed E-state index contributed by atoms with van der Waals surface area (Å²) in [5, 5.41) is 3.29. The monoisotopic (exact) mass is 471 g/mol. The maximum Gasteiger partial charge on any atom is 0.416 e. The Balaban J connectivity index is 1.25. The SMILES string of the molecule is Cc1ccc(C(=O)N[C@H]2C[C@H]3CC[C@H]2C3)c(C2CCN(Cc3ccccc3C(F)(F)F)CC2)n1. The smallest absolute Gasteiger partial charge is 0.349 e. The van der Waals surface area contributed by atoms with Crippen LogP contribution in [0.4, 0.5) is 13.2 Å². The first-order valence-corrected chi connectivity index (χ1v) is 12.4. The molecule has 1 saturated heterocycles. The number of piperidine rings is 1. The van der Waals surface area contributed by atoms with Crippen LogP contribution in [0.5, 0.6) is 0 Å². The molecule has 34 heavy (non-hydrogen) atoms. The highest BCUT2D eigenvalue weighted by molar-refractivity contribution is 5.95. The number of alkyl halides is 3. The van der Waals surface area contributed by atoms with Crippen molar-refractivity contribution in [2.45, 2.75) is 70.1 Å². The van der Waals surface area contributed by atoms with E-state index in [0.717, 1.165) is 42.6 Å². The van der Waals surface area contributed by atoms with Gasteiger partial charge in [0.05, 0.1) is 16.8 Å². The van der Waals surface area contributed by atoms with E-state index in [0.29, 0.717) is 30.1 Å². The number of halogens is 3. The number of carbonyl (C=O) groups is 1. The van der Waals surface area contributed by atoms with Crippen LogP contribution in [0.15, 0.2) is 36.4 Å². The molecule has 2 bridgehead atoms. The fourth-order valence-corrected chi connectivity index (χ4v) is 6.29. The summed E-state index contributed by atoms with van der Waals surface area (Å²) in [6.07, 6.45) is 2.03. The molecule has 3 aliphatic rings. The van der Waals surface area contributed by atoms with Gasteiger partial charge in [0.15, 0.2) is 0 Å². The Morgan fingerprint density at radius 2 is 1.82 bits per heavy atom. The first-order chi connectivity index (χ1) is 16.3. The number of fused-ring (bicyclic) bond motifs is 2. The Morgan fingerprint density at radius 3 is 2.50 bits per heavy atom. The number of carbonyl (C=O) groups excluding carboxylic acids is 1. The van der Waals surface area contributed by atoms with Crippen molar-refractivity contribution in [3.05, 3.63) is 64.5 Å². The van der Waals surface area contributed by atoms with Crippen molar-refractivity contribution >= 4 is 5.91 Å². The minimum atomic E-state index is -4.35. The molecule has 1 aromatic heterocycles. The Hall–Kier alpha value is -2.41. The van der Waals surface area contributed by atoms with Crippen molar-refractivity contribution in [1.29, 1.82) is 0 Å². The van der Waals surface area contributed by atoms with Gasteiger partial charge in [0.25, 0.3) is 5.91 Å². The maximum atomic E-state index is 13.4. The Bertz CT molecular complexity index is 1050. The lowest BCUT2D eigenvalue weighted by atomic mass is 9.89. The number of amides is 1. The van der Waals surface area contributed by atoms with E-state index in [1.807, 2.05) is 19.1 Å². The van der Waals surface area contributed by atoms with Crippen molar-refractivity contribution in [2.75, 3.05) is 13.1 Å². The number of nitrogens with one attached hydrogen (secondary N) is 1. The molecule has 7 heteroatoms. The van der Waals surface area contributed by atoms with Gasteiger partial charge in [-0.1, -0.05) is 24.6 Å². The Labute approximate surface area is 198 Å². The van der Waals surface area contributed by atoms with Gasteiger partial charge in [-0.05, 0) is 87.7 Å². The van der Waals surface area contributed by atoms with E-state index in [4.69, 9.17) is 4.98 Å². The fraction of sp³-hybridized carbons (Fsp3) is 0.556. The molecular weight excluding hydrogens is 439 g/mol. The van der Waals surface area contributed by atoms with E-state index >= 15 is 0 Å². The number of hydrogen-bond donors (Lipinski definition) is 1. The number of hydrogen-bond acceptors (Lipinski definition) is 3. The molecule has 5 rings (SSSR count). The van der Waals surface area contributed by atoms with Crippen molar-refractivity contribution < 1.29 is 18.0 Å². The van der Waals surface area contributed by atoms with Crippen LogP contribution < -0.4 is 5.32 Å². The van der Waals surface area contributed by atoms with Gasteiger partial charge in [-0.2, -0.15) is 13.2 Å². The van der Waals surface area contributed by atoms with Crippen LogP contribution in [0.3, 0.4) is 0 Å². The van der Waals surface area contributed by atoms with Crippen LogP contribution in [0.25, 0.3) is 0 Å². The quantitative estimate of drug-likeness (QED) is 0.608. The highest BCUT2D eigenvalue weighted by Crippen LogP contribution is 2.44. The number of rotatable bonds is 5. The van der Waals surface area contributed by atoms with Gasteiger partial charge in [-0.25, -0.2) is 0 Å². The zero-order chi connectivity index (χ0) is 23.9. The lowest BCUT2D eigenvalue weighted by molar-refractivity contribution is -0.138. The van der Waals surface area contributed by atoms with Gasteiger partial charge in [0.2, 0.25) is 0 Å². The third kappa shape index (κ3) is 4.85. The van der Waals surface area contributed by atoms with Gasteiger partial charge in [-0.3, -0.25) is 14.7 Å². The molecule has 3 atom stereocenters. The summed E-state index contributed by atoms with van der Waals surface area (Å²) >= 11 is 0. The average Bonchev–Trinajstić information content (AvgIpc) is 3.42. The van der Waals surface area contributed by atoms with Crippen molar-refractivity contribution in [1.82, 2.24) is 15.2 Å². The second-order valence-electron chi connectivity index (χ2n) is 10.3. The third-order valence-corrected chi connectivity index (χ3v) is 8.05. The Morgan fingerprint density at radius 1 is 1.06 bits per heavy atom. The summed E-state index contributed by atoms with van der Waals surface area (Å²) in [6.45, 7) is 3.57. The number of nitrogens with zero attached hydrogens (tertiary/aromatic N) is 2. The molecule has 1 N–H and O–H groups in total. The van der Waals surface area contributed by atoms with Crippen molar-refractivity contribution in [3.8, 4) is 0 Å². The molecule has 3 fully saturated rings. The largest absolute Gasteiger partial charge is 0.416 e. The van der Waals surface area contributed by atoms with E-state index in [-0.39, 0.29) is 24.4 Å². The van der Waals surface area contributed by atoms with E-state index < -0.39 is 11.7 Å². The third-order valence-electron chi connectivity index (χ3n) is 8.05. The maximum absolute atomic E-state index is 13.4. The minimum absolute atomic E-state index is 0.0263. The summed E-state index contributed by atoms with van der Waals surface area (Å²) < 4.78 is 40.1. The zero-order valence-corrected chi connectivity index (χ0v) is 19.6. The van der Waals surface area contributed by atoms with E-state index in [9.17, 15) is 18.0 Å². The molecule has 2 aromatic rings. The molecule has 4 nitrogen and oxygen atoms in total. The van der Waals surface area contributed by atoms with Crippen LogP contribution in [-0.2, 0) is 12.7 Å². The van der Waals surface area contributed by atoms with Gasteiger partial charge < -0.3 is 5.32 Å². The zero-order valence-electron chi connectivity index (χ0n) is 19.6. The van der Waals surface area contributed by atoms with Crippen molar-refractivity contribution in [2.24, 2.45) is 11.8 Å². The first kappa shape index (κ1) is 23.3. The molecule has 0 unspecified atom stereocenters. The molecule has 1 amide bonds. The van der Waals surface area contributed by atoms with Crippen LogP contribution in [0, 0.1) is 18.8 Å². The number of aryl methyl sites for hydroxylation is 1. The predicted octanol–water partition coefficient (Wildman–Crippen LogP) is 5.71. The highest BCUT2D eigenvalue weighted by atomic mass is 19.4. The first-order valence-electron chi connectivity index (χ1n) is 12.4. The number of likely N-dealkylation sites (tertiary alicyclic amines) is 1. The molecule has 0 spiro atoms. The second kappa shape index (κ2) is 9.33. The molecular formula is C27H32F3N3O. The molecule has 1 aromatic carbocycles. The Kier molecular flexibility index (Phi) is 6.40. The van der Waals surface area contributed by atoms with Crippen LogP contribution in [0.1, 0.15) is 77.3 Å². The van der Waals surface area contributed by atoms with Crippen molar-refractivity contribution in [3.63, 3.8) is 0 Å². The van der Waals surface area contributed by atoms with Gasteiger partial charge in [0.1, 0.15) is 0 Å². The summed E-state index contributed by atoms with van der Waals surface area (Å²) in [4.78, 5) is 20.1. The molecule has 2 heterocycles. The van der Waals surface area contributed by atoms with Gasteiger partial charge >= 0.3 is 6.18 Å². The normalized spacial score (nSPS) is 25.6. The summed E-state index contributed by atoms with van der Waals surface area (Å²) in [5.41, 5.74) is 2.14. The molecule has 2 saturated carbocycles. The second-order valence-corrected chi connectivity index (χ2v) is 10.3. The lowest BCUT2D eigenvalue weighted by Crippen LogP contribution is -2.39. The minimum Gasteiger partial charge on any atom is -0.349 e.